The van der Waals surface area contributed by atoms with Crippen LogP contribution < -0.4 is 0 Å². The van der Waals surface area contributed by atoms with Crippen LogP contribution in [0.15, 0.2) is 0 Å². The fraction of sp³-hybridized carbons (Fsp3) is 0.875. The Morgan fingerprint density at radius 3 is 2.23 bits per heavy atom. The van der Waals surface area contributed by atoms with Crippen LogP contribution in [0.2, 0.25) is 0 Å². The van der Waals surface area contributed by atoms with E-state index in [1.807, 2.05) is 0 Å². The summed E-state index contributed by atoms with van der Waals surface area (Å²) in [5.74, 6) is -0.685. The zero-order valence-corrected chi connectivity index (χ0v) is 8.01. The van der Waals surface area contributed by atoms with Gasteiger partial charge in [0.25, 0.3) is 0 Å². The second kappa shape index (κ2) is 2.47. The van der Waals surface area contributed by atoms with E-state index in [0.717, 1.165) is 0 Å². The van der Waals surface area contributed by atoms with E-state index in [9.17, 15) is 13.2 Å². The standard InChI is InChI=1S/C8H12O4S/c9-7(10)6-5-8(6)1-3-13(11,12)4-2-8/h6H,1-5H2,(H,9,10)/t6-/m0/s1. The molecule has 2 aliphatic rings. The van der Waals surface area contributed by atoms with E-state index in [1.54, 1.807) is 0 Å². The summed E-state index contributed by atoms with van der Waals surface area (Å²) in [4.78, 5) is 10.6. The second-order valence-corrected chi connectivity index (χ2v) is 6.41. The van der Waals surface area contributed by atoms with Gasteiger partial charge in [0.1, 0.15) is 9.84 Å². The van der Waals surface area contributed by atoms with Gasteiger partial charge in [-0.25, -0.2) is 8.42 Å². The van der Waals surface area contributed by atoms with Crippen molar-refractivity contribution in [3.8, 4) is 0 Å². The molecule has 1 atom stereocenters. The second-order valence-electron chi connectivity index (χ2n) is 4.11. The molecule has 2 fully saturated rings. The minimum atomic E-state index is -2.86. The van der Waals surface area contributed by atoms with E-state index in [4.69, 9.17) is 5.11 Å². The van der Waals surface area contributed by atoms with Gasteiger partial charge < -0.3 is 5.11 Å². The fourth-order valence-corrected chi connectivity index (χ4v) is 3.83. The normalized spacial score (nSPS) is 34.3. The third-order valence-corrected chi connectivity index (χ3v) is 4.96. The van der Waals surface area contributed by atoms with Crippen molar-refractivity contribution < 1.29 is 18.3 Å². The molecule has 1 aliphatic carbocycles. The summed E-state index contributed by atoms with van der Waals surface area (Å²) in [7, 11) is -2.86. The van der Waals surface area contributed by atoms with Crippen LogP contribution in [0.1, 0.15) is 19.3 Å². The quantitative estimate of drug-likeness (QED) is 0.666. The van der Waals surface area contributed by atoms with Gasteiger partial charge in [-0.05, 0) is 24.7 Å². The number of rotatable bonds is 1. The first-order chi connectivity index (χ1) is 5.95. The minimum absolute atomic E-state index is 0.156. The Morgan fingerprint density at radius 1 is 1.31 bits per heavy atom. The molecule has 0 amide bonds. The SMILES string of the molecule is O=C(O)[C@@H]1CC12CCS(=O)(=O)CC2. The number of hydrogen-bond acceptors (Lipinski definition) is 3. The summed E-state index contributed by atoms with van der Waals surface area (Å²) in [6.45, 7) is 0. The molecule has 0 unspecified atom stereocenters. The highest BCUT2D eigenvalue weighted by Crippen LogP contribution is 2.59. The van der Waals surface area contributed by atoms with Crippen molar-refractivity contribution in [3.63, 3.8) is 0 Å². The lowest BCUT2D eigenvalue weighted by Gasteiger charge is -2.21. The molecule has 74 valence electrons. The van der Waals surface area contributed by atoms with Gasteiger partial charge in [-0.1, -0.05) is 0 Å². The van der Waals surface area contributed by atoms with E-state index in [1.165, 1.54) is 0 Å². The van der Waals surface area contributed by atoms with Crippen LogP contribution in [-0.4, -0.2) is 31.0 Å². The van der Waals surface area contributed by atoms with Crippen LogP contribution >= 0.6 is 0 Å². The van der Waals surface area contributed by atoms with Crippen molar-refractivity contribution in [1.29, 1.82) is 0 Å². The Hall–Kier alpha value is -0.580. The van der Waals surface area contributed by atoms with Gasteiger partial charge in [0.15, 0.2) is 0 Å². The monoisotopic (exact) mass is 204 g/mol. The van der Waals surface area contributed by atoms with Crippen LogP contribution in [0.25, 0.3) is 0 Å². The van der Waals surface area contributed by atoms with Crippen molar-refractivity contribution >= 4 is 15.8 Å². The van der Waals surface area contributed by atoms with Gasteiger partial charge in [-0.2, -0.15) is 0 Å². The van der Waals surface area contributed by atoms with Gasteiger partial charge in [0.05, 0.1) is 17.4 Å². The minimum Gasteiger partial charge on any atom is -0.481 e. The molecule has 5 heteroatoms. The van der Waals surface area contributed by atoms with Gasteiger partial charge in [-0.15, -0.1) is 0 Å². The Bertz CT molecular complexity index is 329. The molecule has 1 saturated carbocycles. The number of carboxylic acid groups (broad SMARTS) is 1. The van der Waals surface area contributed by atoms with Crippen molar-refractivity contribution in [2.75, 3.05) is 11.5 Å². The predicted octanol–water partition coefficient (Wildman–Crippen LogP) is 0.286. The lowest BCUT2D eigenvalue weighted by Crippen LogP contribution is -2.26. The number of aliphatic carboxylic acids is 1. The molecule has 1 saturated heterocycles. The molecule has 0 bridgehead atoms. The fourth-order valence-electron chi connectivity index (χ4n) is 2.19. The zero-order chi connectivity index (χ0) is 9.69. The molecule has 0 aromatic rings. The average molecular weight is 204 g/mol. The maximum Gasteiger partial charge on any atom is 0.307 e. The maximum absolute atomic E-state index is 11.1. The van der Waals surface area contributed by atoms with E-state index in [-0.39, 0.29) is 22.8 Å². The molecule has 2 rings (SSSR count). The molecule has 13 heavy (non-hydrogen) atoms. The van der Waals surface area contributed by atoms with Crippen molar-refractivity contribution in [2.45, 2.75) is 19.3 Å². The highest BCUT2D eigenvalue weighted by Gasteiger charge is 2.59. The number of carbonyl (C=O) groups is 1. The number of hydrogen-bond donors (Lipinski definition) is 1. The largest absolute Gasteiger partial charge is 0.481 e. The molecular formula is C8H12O4S. The Balaban J connectivity index is 2.05. The third kappa shape index (κ3) is 1.45. The van der Waals surface area contributed by atoms with Crippen LogP contribution in [0.3, 0.4) is 0 Å². The molecule has 1 heterocycles. The van der Waals surface area contributed by atoms with Crippen molar-refractivity contribution in [2.24, 2.45) is 11.3 Å². The van der Waals surface area contributed by atoms with Crippen molar-refractivity contribution in [3.05, 3.63) is 0 Å². The van der Waals surface area contributed by atoms with E-state index >= 15 is 0 Å². The molecule has 1 N–H and O–H groups in total. The van der Waals surface area contributed by atoms with E-state index < -0.39 is 15.8 Å². The predicted molar refractivity (Wildman–Crippen MR) is 46.1 cm³/mol. The summed E-state index contributed by atoms with van der Waals surface area (Å²) < 4.78 is 22.2. The lowest BCUT2D eigenvalue weighted by molar-refractivity contribution is -0.139. The van der Waals surface area contributed by atoms with E-state index in [0.29, 0.717) is 19.3 Å². The molecular weight excluding hydrogens is 192 g/mol. The van der Waals surface area contributed by atoms with Crippen LogP contribution in [0.4, 0.5) is 0 Å². The molecule has 0 aromatic carbocycles. The first-order valence-electron chi connectivity index (χ1n) is 4.38. The Labute approximate surface area is 76.9 Å². The Kier molecular flexibility index (Phi) is 1.71. The number of sulfone groups is 1. The third-order valence-electron chi connectivity index (χ3n) is 3.31. The molecule has 1 aliphatic heterocycles. The molecule has 1 spiro atoms. The Morgan fingerprint density at radius 2 is 1.85 bits per heavy atom. The van der Waals surface area contributed by atoms with Crippen LogP contribution in [0.5, 0.6) is 0 Å². The summed E-state index contributed by atoms with van der Waals surface area (Å²) in [5, 5.41) is 8.75. The summed E-state index contributed by atoms with van der Waals surface area (Å²) >= 11 is 0. The molecule has 0 aromatic heterocycles. The number of carboxylic acids is 1. The maximum atomic E-state index is 11.1. The first kappa shape index (κ1) is 8.99. The van der Waals surface area contributed by atoms with E-state index in [2.05, 4.69) is 0 Å². The topological polar surface area (TPSA) is 71.4 Å². The summed E-state index contributed by atoms with van der Waals surface area (Å²) in [6, 6.07) is 0. The van der Waals surface area contributed by atoms with Gasteiger partial charge >= 0.3 is 5.97 Å². The molecule has 4 nitrogen and oxygen atoms in total. The molecule has 0 radical (unpaired) electrons. The average Bonchev–Trinajstić information content (AvgIpc) is 2.72. The van der Waals surface area contributed by atoms with Crippen molar-refractivity contribution in [1.82, 2.24) is 0 Å². The highest BCUT2D eigenvalue weighted by atomic mass is 32.2. The van der Waals surface area contributed by atoms with Crippen LogP contribution in [-0.2, 0) is 14.6 Å². The zero-order valence-electron chi connectivity index (χ0n) is 7.19. The highest BCUT2D eigenvalue weighted by molar-refractivity contribution is 7.91. The van der Waals surface area contributed by atoms with Crippen LogP contribution in [0, 0.1) is 11.3 Å². The van der Waals surface area contributed by atoms with Gasteiger partial charge in [0.2, 0.25) is 0 Å². The first-order valence-corrected chi connectivity index (χ1v) is 6.21. The van der Waals surface area contributed by atoms with Gasteiger partial charge in [0, 0.05) is 0 Å². The van der Waals surface area contributed by atoms with Gasteiger partial charge in [-0.3, -0.25) is 4.79 Å². The summed E-state index contributed by atoms with van der Waals surface area (Å²) in [6.07, 6.45) is 1.77. The summed E-state index contributed by atoms with van der Waals surface area (Å²) in [5.41, 5.74) is -0.156. The lowest BCUT2D eigenvalue weighted by atomic mass is 9.96. The smallest absolute Gasteiger partial charge is 0.307 e.